The molecule has 0 bridgehead atoms. The molecule has 0 saturated carbocycles. The van der Waals surface area contributed by atoms with E-state index < -0.39 is 10.8 Å². The van der Waals surface area contributed by atoms with Gasteiger partial charge in [-0.05, 0) is 12.8 Å². The van der Waals surface area contributed by atoms with Crippen molar-refractivity contribution < 1.29 is 4.21 Å². The average molecular weight is 271 g/mol. The number of nitrogens with one attached hydrogen (secondary N) is 2. The van der Waals surface area contributed by atoms with E-state index in [0.29, 0.717) is 11.6 Å². The van der Waals surface area contributed by atoms with E-state index in [1.54, 1.807) is 12.3 Å². The summed E-state index contributed by atoms with van der Waals surface area (Å²) in [5.41, 5.74) is 2.54. The predicted molar refractivity (Wildman–Crippen MR) is 75.9 cm³/mol. The van der Waals surface area contributed by atoms with E-state index in [4.69, 9.17) is 5.84 Å². The second-order valence-corrected chi connectivity index (χ2v) is 5.56. The maximum atomic E-state index is 10.9. The predicted octanol–water partition coefficient (Wildman–Crippen LogP) is 0.895. The van der Waals surface area contributed by atoms with Crippen molar-refractivity contribution in [3.8, 4) is 0 Å². The zero-order valence-corrected chi connectivity index (χ0v) is 11.7. The van der Waals surface area contributed by atoms with Crippen LogP contribution in [0.25, 0.3) is 0 Å². The fourth-order valence-electron chi connectivity index (χ4n) is 1.49. The minimum Gasteiger partial charge on any atom is -0.370 e. The number of aryl methyl sites for hydroxylation is 1. The molecule has 0 aliphatic heterocycles. The molecule has 0 fully saturated rings. The van der Waals surface area contributed by atoms with Crippen LogP contribution in [0.4, 0.5) is 11.6 Å². The van der Waals surface area contributed by atoms with E-state index >= 15 is 0 Å². The van der Waals surface area contributed by atoms with E-state index in [9.17, 15) is 4.21 Å². The van der Waals surface area contributed by atoms with Crippen LogP contribution in [-0.2, 0) is 17.2 Å². The summed E-state index contributed by atoms with van der Waals surface area (Å²) in [6, 6.07) is 1.77. The summed E-state index contributed by atoms with van der Waals surface area (Å²) in [5.74, 6) is 8.20. The zero-order valence-electron chi connectivity index (χ0n) is 10.9. The second-order valence-electron chi connectivity index (χ2n) is 4.01. The highest BCUT2D eigenvalue weighted by atomic mass is 32.2. The Morgan fingerprint density at radius 3 is 2.72 bits per heavy atom. The fraction of sp³-hybridized carbons (Fsp3) is 0.636. The summed E-state index contributed by atoms with van der Waals surface area (Å²) in [6.07, 6.45) is 4.37. The first-order valence-electron chi connectivity index (χ1n) is 6.04. The van der Waals surface area contributed by atoms with E-state index in [2.05, 4.69) is 27.6 Å². The SMILES string of the molecule is CCCc1nc(NN)cc(NCCCS(C)=O)n1. The van der Waals surface area contributed by atoms with Crippen molar-refractivity contribution in [1.29, 1.82) is 0 Å². The minimum absolute atomic E-state index is 0.606. The van der Waals surface area contributed by atoms with Crippen molar-refractivity contribution in [3.63, 3.8) is 0 Å². The lowest BCUT2D eigenvalue weighted by Crippen LogP contribution is -2.13. The molecular weight excluding hydrogens is 250 g/mol. The van der Waals surface area contributed by atoms with Crippen LogP contribution in [0.1, 0.15) is 25.6 Å². The molecule has 18 heavy (non-hydrogen) atoms. The Morgan fingerprint density at radius 2 is 2.11 bits per heavy atom. The van der Waals surface area contributed by atoms with Gasteiger partial charge in [0, 0.05) is 41.8 Å². The lowest BCUT2D eigenvalue weighted by Gasteiger charge is -2.09. The summed E-state index contributed by atoms with van der Waals surface area (Å²) in [4.78, 5) is 8.66. The first kappa shape index (κ1) is 14.8. The largest absolute Gasteiger partial charge is 0.370 e. The number of hydrogen-bond acceptors (Lipinski definition) is 6. The lowest BCUT2D eigenvalue weighted by molar-refractivity contribution is 0.685. The number of nitrogens with zero attached hydrogens (tertiary/aromatic N) is 2. The van der Waals surface area contributed by atoms with E-state index in [0.717, 1.165) is 37.4 Å². The Bertz CT molecular complexity index is 399. The van der Waals surface area contributed by atoms with Gasteiger partial charge in [-0.1, -0.05) is 6.92 Å². The summed E-state index contributed by atoms with van der Waals surface area (Å²) < 4.78 is 10.9. The van der Waals surface area contributed by atoms with Crippen molar-refractivity contribution in [2.24, 2.45) is 5.84 Å². The maximum absolute atomic E-state index is 10.9. The molecule has 0 saturated heterocycles. The van der Waals surface area contributed by atoms with Crippen molar-refractivity contribution in [2.75, 3.05) is 29.3 Å². The van der Waals surface area contributed by atoms with Gasteiger partial charge < -0.3 is 10.7 Å². The smallest absolute Gasteiger partial charge is 0.145 e. The molecule has 1 atom stereocenters. The summed E-state index contributed by atoms with van der Waals surface area (Å²) >= 11 is 0. The quantitative estimate of drug-likeness (QED) is 0.369. The monoisotopic (exact) mass is 271 g/mol. The average Bonchev–Trinajstić information content (AvgIpc) is 2.34. The molecule has 1 aromatic heterocycles. The van der Waals surface area contributed by atoms with Crippen LogP contribution < -0.4 is 16.6 Å². The first-order valence-corrected chi connectivity index (χ1v) is 7.77. The molecule has 7 heteroatoms. The summed E-state index contributed by atoms with van der Waals surface area (Å²) in [7, 11) is -0.742. The molecule has 0 amide bonds. The highest BCUT2D eigenvalue weighted by Gasteiger charge is 2.03. The van der Waals surface area contributed by atoms with Gasteiger partial charge in [0.25, 0.3) is 0 Å². The molecule has 0 aromatic carbocycles. The molecule has 1 aromatic rings. The van der Waals surface area contributed by atoms with Crippen molar-refractivity contribution in [1.82, 2.24) is 9.97 Å². The standard InChI is InChI=1S/C11H21N5OS/c1-3-5-9-14-10(8-11(15-9)16-12)13-6-4-7-18(2)17/h8H,3-7,12H2,1-2H3,(H2,13,14,15,16). The fourth-order valence-corrected chi connectivity index (χ4v) is 2.04. The molecule has 102 valence electrons. The zero-order chi connectivity index (χ0) is 13.4. The van der Waals surface area contributed by atoms with Gasteiger partial charge in [-0.15, -0.1) is 0 Å². The third-order valence-corrected chi connectivity index (χ3v) is 3.17. The van der Waals surface area contributed by atoms with Gasteiger partial charge in [-0.3, -0.25) is 4.21 Å². The van der Waals surface area contributed by atoms with Crippen molar-refractivity contribution >= 4 is 22.4 Å². The molecule has 0 radical (unpaired) electrons. The Morgan fingerprint density at radius 1 is 1.39 bits per heavy atom. The van der Waals surface area contributed by atoms with Gasteiger partial charge in [-0.2, -0.15) is 0 Å². The van der Waals surface area contributed by atoms with Crippen LogP contribution in [-0.4, -0.2) is 32.7 Å². The summed E-state index contributed by atoms with van der Waals surface area (Å²) in [5, 5.41) is 3.19. The van der Waals surface area contributed by atoms with Gasteiger partial charge >= 0.3 is 0 Å². The maximum Gasteiger partial charge on any atom is 0.145 e. The van der Waals surface area contributed by atoms with Crippen LogP contribution in [0, 0.1) is 0 Å². The number of hydrogen-bond donors (Lipinski definition) is 3. The molecule has 1 rings (SSSR count). The third-order valence-electron chi connectivity index (χ3n) is 2.31. The Labute approximate surface area is 110 Å². The van der Waals surface area contributed by atoms with Crippen molar-refractivity contribution in [2.45, 2.75) is 26.2 Å². The minimum atomic E-state index is -0.742. The van der Waals surface area contributed by atoms with Crippen molar-refractivity contribution in [3.05, 3.63) is 11.9 Å². The van der Waals surface area contributed by atoms with Gasteiger partial charge in [0.05, 0.1) is 0 Å². The number of aromatic nitrogens is 2. The number of nitrogens with two attached hydrogens (primary N) is 1. The molecular formula is C11H21N5OS. The first-order chi connectivity index (χ1) is 8.65. The highest BCUT2D eigenvalue weighted by molar-refractivity contribution is 7.84. The van der Waals surface area contributed by atoms with E-state index in [1.807, 2.05) is 0 Å². The van der Waals surface area contributed by atoms with Crippen LogP contribution in [0.2, 0.25) is 0 Å². The number of hydrazine groups is 1. The topological polar surface area (TPSA) is 92.9 Å². The number of rotatable bonds is 8. The number of anilines is 2. The number of nitrogen functional groups attached to an aromatic ring is 1. The van der Waals surface area contributed by atoms with E-state index in [1.165, 1.54) is 0 Å². The summed E-state index contributed by atoms with van der Waals surface area (Å²) in [6.45, 7) is 2.82. The van der Waals surface area contributed by atoms with Gasteiger partial charge in [0.2, 0.25) is 0 Å². The van der Waals surface area contributed by atoms with Gasteiger partial charge in [0.1, 0.15) is 17.5 Å². The molecule has 6 nitrogen and oxygen atoms in total. The van der Waals surface area contributed by atoms with Gasteiger partial charge in [-0.25, -0.2) is 15.8 Å². The molecule has 1 heterocycles. The van der Waals surface area contributed by atoms with Crippen LogP contribution in [0.5, 0.6) is 0 Å². The van der Waals surface area contributed by atoms with Gasteiger partial charge in [0.15, 0.2) is 0 Å². The van der Waals surface area contributed by atoms with Crippen LogP contribution >= 0.6 is 0 Å². The Kier molecular flexibility index (Phi) is 6.59. The molecule has 0 aliphatic carbocycles. The Hall–Kier alpha value is -1.21. The molecule has 0 aliphatic rings. The van der Waals surface area contributed by atoms with E-state index in [-0.39, 0.29) is 0 Å². The highest BCUT2D eigenvalue weighted by Crippen LogP contribution is 2.11. The second kappa shape index (κ2) is 7.99. The third kappa shape index (κ3) is 5.42. The lowest BCUT2D eigenvalue weighted by atomic mass is 10.3. The molecule has 4 N–H and O–H groups in total. The van der Waals surface area contributed by atoms with Crippen LogP contribution in [0.3, 0.4) is 0 Å². The molecule has 1 unspecified atom stereocenters. The van der Waals surface area contributed by atoms with Crippen LogP contribution in [0.15, 0.2) is 6.07 Å². The molecule has 0 spiro atoms. The normalized spacial score (nSPS) is 12.2. The Balaban J connectivity index is 2.57.